The molecule has 3 aliphatic rings. The van der Waals surface area contributed by atoms with E-state index in [1.165, 1.54) is 0 Å². The number of ether oxygens (including phenoxy) is 3. The Morgan fingerprint density at radius 2 is 2.08 bits per heavy atom. The largest absolute Gasteiger partial charge is 0.458 e. The molecule has 0 spiro atoms. The molecule has 130 valence electrons. The zero-order valence-corrected chi connectivity index (χ0v) is 14.0. The maximum atomic E-state index is 12.0. The van der Waals surface area contributed by atoms with E-state index in [2.05, 4.69) is 6.07 Å². The Balaban J connectivity index is 1.59. The summed E-state index contributed by atoms with van der Waals surface area (Å²) in [5, 5.41) is 9.30. The molecule has 2 aliphatic carbocycles. The molecule has 2 saturated carbocycles. The molecule has 0 radical (unpaired) electrons. The Labute approximate surface area is 140 Å². The first-order valence-corrected chi connectivity index (χ1v) is 8.27. The topological polar surface area (TPSA) is 103 Å². The molecule has 6 unspecified atom stereocenters. The van der Waals surface area contributed by atoms with Crippen LogP contribution in [0.3, 0.4) is 0 Å². The van der Waals surface area contributed by atoms with Gasteiger partial charge in [0.2, 0.25) is 0 Å². The third-order valence-electron chi connectivity index (χ3n) is 5.72. The average Bonchev–Trinajstić information content (AvgIpc) is 3.15. The fraction of sp³-hybridized carbons (Fsp3) is 0.765. The maximum Gasteiger partial charge on any atom is 0.344 e. The minimum atomic E-state index is -0.677. The fourth-order valence-corrected chi connectivity index (χ4v) is 3.97. The normalized spacial score (nSPS) is 36.2. The zero-order chi connectivity index (χ0) is 17.6. The van der Waals surface area contributed by atoms with E-state index in [0.29, 0.717) is 12.8 Å². The van der Waals surface area contributed by atoms with Crippen LogP contribution in [0.4, 0.5) is 0 Å². The van der Waals surface area contributed by atoms with E-state index in [-0.39, 0.29) is 23.7 Å². The van der Waals surface area contributed by atoms with Crippen LogP contribution in [0.25, 0.3) is 0 Å². The number of hydrogen-bond acceptors (Lipinski definition) is 7. The van der Waals surface area contributed by atoms with Crippen molar-refractivity contribution in [3.63, 3.8) is 0 Å². The minimum Gasteiger partial charge on any atom is -0.458 e. The van der Waals surface area contributed by atoms with Crippen LogP contribution >= 0.6 is 0 Å². The van der Waals surface area contributed by atoms with Crippen LogP contribution in [0.5, 0.6) is 0 Å². The Hall–Kier alpha value is -2.10. The van der Waals surface area contributed by atoms with Crippen molar-refractivity contribution in [3.8, 4) is 6.07 Å². The molecule has 2 bridgehead atoms. The van der Waals surface area contributed by atoms with Gasteiger partial charge in [-0.3, -0.25) is 9.59 Å². The summed E-state index contributed by atoms with van der Waals surface area (Å²) in [7, 11) is 0. The van der Waals surface area contributed by atoms with Crippen molar-refractivity contribution in [1.82, 2.24) is 0 Å². The monoisotopic (exact) mass is 335 g/mol. The molecule has 7 nitrogen and oxygen atoms in total. The minimum absolute atomic E-state index is 0.0495. The van der Waals surface area contributed by atoms with E-state index in [1.54, 1.807) is 13.8 Å². The van der Waals surface area contributed by atoms with Crippen molar-refractivity contribution in [2.45, 2.75) is 45.8 Å². The van der Waals surface area contributed by atoms with Crippen LogP contribution in [0.2, 0.25) is 0 Å². The van der Waals surface area contributed by atoms with Crippen molar-refractivity contribution >= 4 is 17.9 Å². The van der Waals surface area contributed by atoms with Crippen LogP contribution in [0.15, 0.2) is 0 Å². The van der Waals surface area contributed by atoms with Crippen LogP contribution in [0.1, 0.15) is 33.6 Å². The SMILES string of the molecule is CCC(C)(C)C(=O)OCC(=O)OC1C2CC3C1OC(=O)C3C2C#N. The van der Waals surface area contributed by atoms with E-state index in [4.69, 9.17) is 14.2 Å². The Morgan fingerprint density at radius 1 is 1.38 bits per heavy atom. The van der Waals surface area contributed by atoms with Crippen LogP contribution in [0, 0.1) is 40.4 Å². The third kappa shape index (κ3) is 2.45. The summed E-state index contributed by atoms with van der Waals surface area (Å²) in [5.41, 5.74) is -0.660. The van der Waals surface area contributed by atoms with Gasteiger partial charge < -0.3 is 14.2 Å². The second kappa shape index (κ2) is 5.76. The molecule has 0 aromatic carbocycles. The highest BCUT2D eigenvalue weighted by Crippen LogP contribution is 2.58. The number of nitriles is 1. The lowest BCUT2D eigenvalue weighted by Crippen LogP contribution is -2.41. The van der Waals surface area contributed by atoms with E-state index < -0.39 is 42.1 Å². The van der Waals surface area contributed by atoms with Gasteiger partial charge in [-0.05, 0) is 26.7 Å². The lowest BCUT2D eigenvalue weighted by Gasteiger charge is -2.28. The number of rotatable bonds is 5. The molecule has 6 atom stereocenters. The molecular weight excluding hydrogens is 314 g/mol. The number of hydrogen-bond donors (Lipinski definition) is 0. The lowest BCUT2D eigenvalue weighted by molar-refractivity contribution is -0.173. The maximum absolute atomic E-state index is 12.0. The molecule has 1 aliphatic heterocycles. The lowest BCUT2D eigenvalue weighted by atomic mass is 9.79. The van der Waals surface area contributed by atoms with E-state index in [0.717, 1.165) is 0 Å². The predicted molar refractivity (Wildman–Crippen MR) is 79.0 cm³/mol. The van der Waals surface area contributed by atoms with Gasteiger partial charge in [-0.2, -0.15) is 5.26 Å². The molecule has 24 heavy (non-hydrogen) atoms. The van der Waals surface area contributed by atoms with Crippen molar-refractivity contribution in [2.24, 2.45) is 29.1 Å². The molecule has 3 fully saturated rings. The Bertz CT molecular complexity index is 621. The Kier molecular flexibility index (Phi) is 4.02. The summed E-state index contributed by atoms with van der Waals surface area (Å²) in [6, 6.07) is 2.16. The van der Waals surface area contributed by atoms with Gasteiger partial charge in [-0.25, -0.2) is 4.79 Å². The molecule has 0 aromatic rings. The molecule has 1 saturated heterocycles. The van der Waals surface area contributed by atoms with E-state index >= 15 is 0 Å². The molecule has 0 N–H and O–H groups in total. The second-order valence-electron chi connectivity index (χ2n) is 7.41. The number of carbonyl (C=O) groups excluding carboxylic acids is 3. The van der Waals surface area contributed by atoms with Crippen molar-refractivity contribution in [2.75, 3.05) is 6.61 Å². The summed E-state index contributed by atoms with van der Waals surface area (Å²) in [6.45, 7) is 4.87. The smallest absolute Gasteiger partial charge is 0.344 e. The Morgan fingerprint density at radius 3 is 2.71 bits per heavy atom. The number of nitrogens with zero attached hydrogens (tertiary/aromatic N) is 1. The zero-order valence-electron chi connectivity index (χ0n) is 14.0. The van der Waals surface area contributed by atoms with Gasteiger partial charge in [0.1, 0.15) is 12.2 Å². The van der Waals surface area contributed by atoms with Crippen molar-refractivity contribution in [1.29, 1.82) is 5.26 Å². The summed E-state index contributed by atoms with van der Waals surface area (Å²) >= 11 is 0. The van der Waals surface area contributed by atoms with Gasteiger partial charge in [0.15, 0.2) is 6.61 Å². The first kappa shape index (κ1) is 16.7. The summed E-state index contributed by atoms with van der Waals surface area (Å²) < 4.78 is 15.7. The second-order valence-corrected chi connectivity index (χ2v) is 7.41. The molecule has 0 amide bonds. The van der Waals surface area contributed by atoms with Crippen molar-refractivity contribution < 1.29 is 28.6 Å². The first-order valence-electron chi connectivity index (χ1n) is 8.27. The number of esters is 3. The summed E-state index contributed by atoms with van der Waals surface area (Å²) in [6.07, 6.45) is 0.160. The highest BCUT2D eigenvalue weighted by Gasteiger charge is 2.68. The highest BCUT2D eigenvalue weighted by molar-refractivity contribution is 5.80. The fourth-order valence-electron chi connectivity index (χ4n) is 3.97. The van der Waals surface area contributed by atoms with Gasteiger partial charge in [0, 0.05) is 11.8 Å². The number of fused-ring (bicyclic) bond motifs is 1. The number of carbonyl (C=O) groups is 3. The van der Waals surface area contributed by atoms with Crippen molar-refractivity contribution in [3.05, 3.63) is 0 Å². The van der Waals surface area contributed by atoms with Gasteiger partial charge in [-0.15, -0.1) is 0 Å². The van der Waals surface area contributed by atoms with Crippen LogP contribution in [-0.2, 0) is 28.6 Å². The molecule has 7 heteroatoms. The average molecular weight is 335 g/mol. The molecule has 0 aromatic heterocycles. The standard InChI is InChI=1S/C17H21NO6/c1-4-17(2,3)16(21)22-7-11(19)23-13-8-5-9-12(10(8)6-18)15(20)24-14(9)13/h8-10,12-14H,4-5,7H2,1-3H3. The van der Waals surface area contributed by atoms with Crippen LogP contribution in [-0.4, -0.2) is 36.7 Å². The highest BCUT2D eigenvalue weighted by atomic mass is 16.6. The van der Waals surface area contributed by atoms with Gasteiger partial charge in [-0.1, -0.05) is 6.92 Å². The van der Waals surface area contributed by atoms with Gasteiger partial charge >= 0.3 is 17.9 Å². The quantitative estimate of drug-likeness (QED) is 0.549. The van der Waals surface area contributed by atoms with Crippen LogP contribution < -0.4 is 0 Å². The summed E-state index contributed by atoms with van der Waals surface area (Å²) in [5.74, 6) is -2.60. The third-order valence-corrected chi connectivity index (χ3v) is 5.72. The molecule has 1 heterocycles. The van der Waals surface area contributed by atoms with Gasteiger partial charge in [0.25, 0.3) is 0 Å². The van der Waals surface area contributed by atoms with Gasteiger partial charge in [0.05, 0.1) is 23.3 Å². The summed E-state index contributed by atoms with van der Waals surface area (Å²) in [4.78, 5) is 35.8. The van der Waals surface area contributed by atoms with E-state index in [1.807, 2.05) is 6.92 Å². The first-order chi connectivity index (χ1) is 11.3. The predicted octanol–water partition coefficient (Wildman–Crippen LogP) is 1.21. The molecule has 3 rings (SSSR count). The van der Waals surface area contributed by atoms with E-state index in [9.17, 15) is 19.6 Å². The molecular formula is C17H21NO6.